The van der Waals surface area contributed by atoms with E-state index in [0.29, 0.717) is 5.69 Å². The molecule has 0 spiro atoms. The van der Waals surface area contributed by atoms with Crippen molar-refractivity contribution in [2.45, 2.75) is 44.9 Å². The lowest BCUT2D eigenvalue weighted by molar-refractivity contribution is 0.111. The fourth-order valence-electron chi connectivity index (χ4n) is 2.73. The number of aromatic nitrogens is 3. The van der Waals surface area contributed by atoms with Crippen molar-refractivity contribution in [1.82, 2.24) is 14.6 Å². The normalized spacial score (nSPS) is 17.3. The Morgan fingerprint density at radius 3 is 3.00 bits per heavy atom. The van der Waals surface area contributed by atoms with Gasteiger partial charge in [-0.2, -0.15) is 5.10 Å². The van der Waals surface area contributed by atoms with Crippen LogP contribution in [0.3, 0.4) is 0 Å². The van der Waals surface area contributed by atoms with Gasteiger partial charge in [0.25, 0.3) is 0 Å². The first-order chi connectivity index (χ1) is 8.86. The molecular weight excluding hydrogens is 246 g/mol. The van der Waals surface area contributed by atoms with Crippen LogP contribution in [0.25, 0.3) is 4.96 Å². The van der Waals surface area contributed by atoms with Gasteiger partial charge in [0, 0.05) is 6.42 Å². The Kier molecular flexibility index (Phi) is 3.41. The number of fused-ring (bicyclic) bond motifs is 1. The quantitative estimate of drug-likeness (QED) is 0.796. The predicted molar refractivity (Wildman–Crippen MR) is 71.1 cm³/mol. The van der Waals surface area contributed by atoms with Crippen molar-refractivity contribution in [3.05, 3.63) is 16.9 Å². The van der Waals surface area contributed by atoms with Crippen LogP contribution in [0.15, 0.2) is 6.20 Å². The van der Waals surface area contributed by atoms with Crippen molar-refractivity contribution in [2.24, 2.45) is 5.92 Å². The zero-order valence-corrected chi connectivity index (χ0v) is 11.2. The molecule has 0 N–H and O–H groups in total. The minimum atomic E-state index is 0.546. The molecular formula is C13H17N3OS. The van der Waals surface area contributed by atoms with Crippen LogP contribution in [0.1, 0.15) is 54.0 Å². The van der Waals surface area contributed by atoms with Gasteiger partial charge in [-0.05, 0) is 12.3 Å². The van der Waals surface area contributed by atoms with E-state index in [1.807, 2.05) is 0 Å². The summed E-state index contributed by atoms with van der Waals surface area (Å²) in [6, 6.07) is 0. The second-order valence-electron chi connectivity index (χ2n) is 5.03. The maximum Gasteiger partial charge on any atom is 0.212 e. The van der Waals surface area contributed by atoms with Crippen molar-refractivity contribution >= 4 is 22.6 Å². The van der Waals surface area contributed by atoms with Gasteiger partial charge in [0.1, 0.15) is 10.7 Å². The van der Waals surface area contributed by atoms with Crippen LogP contribution < -0.4 is 0 Å². The van der Waals surface area contributed by atoms with Crippen LogP contribution in [0.4, 0.5) is 0 Å². The molecule has 4 nitrogen and oxygen atoms in total. The minimum absolute atomic E-state index is 0.546. The van der Waals surface area contributed by atoms with Gasteiger partial charge in [0.2, 0.25) is 4.96 Å². The molecule has 1 fully saturated rings. The van der Waals surface area contributed by atoms with E-state index < -0.39 is 0 Å². The first-order valence-corrected chi connectivity index (χ1v) is 7.47. The smallest absolute Gasteiger partial charge is 0.212 e. The highest BCUT2D eigenvalue weighted by molar-refractivity contribution is 7.16. The molecule has 18 heavy (non-hydrogen) atoms. The topological polar surface area (TPSA) is 47.3 Å². The van der Waals surface area contributed by atoms with Crippen molar-refractivity contribution in [1.29, 1.82) is 0 Å². The Hall–Kier alpha value is -1.23. The van der Waals surface area contributed by atoms with E-state index >= 15 is 0 Å². The standard InChI is InChI=1S/C13H17N3OS/c17-9-11-8-14-13-16(11)15-12(18-13)7-6-10-4-2-1-3-5-10/h8-10H,1-7H2. The first kappa shape index (κ1) is 11.8. The summed E-state index contributed by atoms with van der Waals surface area (Å²) in [6.45, 7) is 0. The molecule has 2 aromatic heterocycles. The monoisotopic (exact) mass is 263 g/mol. The number of carbonyl (C=O) groups excluding carboxylic acids is 1. The molecule has 0 bridgehead atoms. The number of hydrogen-bond acceptors (Lipinski definition) is 4. The molecule has 96 valence electrons. The molecule has 5 heteroatoms. The average Bonchev–Trinajstić information content (AvgIpc) is 2.97. The number of rotatable bonds is 4. The highest BCUT2D eigenvalue weighted by Crippen LogP contribution is 2.28. The van der Waals surface area contributed by atoms with E-state index in [4.69, 9.17) is 0 Å². The second kappa shape index (κ2) is 5.18. The van der Waals surface area contributed by atoms with E-state index in [1.165, 1.54) is 38.5 Å². The number of hydrogen-bond donors (Lipinski definition) is 0. The third kappa shape index (κ3) is 2.32. The molecule has 2 aromatic rings. The van der Waals surface area contributed by atoms with Crippen LogP contribution in [-0.2, 0) is 6.42 Å². The van der Waals surface area contributed by atoms with Crippen LogP contribution in [0.5, 0.6) is 0 Å². The molecule has 1 aliphatic carbocycles. The van der Waals surface area contributed by atoms with Gasteiger partial charge in [-0.1, -0.05) is 43.4 Å². The molecule has 0 atom stereocenters. The predicted octanol–water partition coefficient (Wildman–Crippen LogP) is 3.12. The van der Waals surface area contributed by atoms with Crippen LogP contribution >= 0.6 is 11.3 Å². The van der Waals surface area contributed by atoms with Crippen molar-refractivity contribution in [3.8, 4) is 0 Å². The highest BCUT2D eigenvalue weighted by Gasteiger charge is 2.15. The van der Waals surface area contributed by atoms with Gasteiger partial charge in [0.05, 0.1) is 6.20 Å². The molecule has 0 unspecified atom stereocenters. The van der Waals surface area contributed by atoms with Gasteiger partial charge in [-0.15, -0.1) is 0 Å². The van der Waals surface area contributed by atoms with E-state index in [9.17, 15) is 4.79 Å². The maximum atomic E-state index is 10.8. The Morgan fingerprint density at radius 1 is 1.39 bits per heavy atom. The van der Waals surface area contributed by atoms with E-state index in [1.54, 1.807) is 22.0 Å². The fraction of sp³-hybridized carbons (Fsp3) is 0.615. The summed E-state index contributed by atoms with van der Waals surface area (Å²) in [5.41, 5.74) is 0.546. The molecule has 0 amide bonds. The number of aldehydes is 1. The van der Waals surface area contributed by atoms with Crippen molar-refractivity contribution in [2.75, 3.05) is 0 Å². The molecule has 0 aliphatic heterocycles. The lowest BCUT2D eigenvalue weighted by Gasteiger charge is -2.20. The van der Waals surface area contributed by atoms with Crippen LogP contribution in [-0.4, -0.2) is 20.9 Å². The minimum Gasteiger partial charge on any atom is -0.296 e. The molecule has 3 rings (SSSR count). The Bertz CT molecular complexity index is 539. The summed E-state index contributed by atoms with van der Waals surface area (Å²) in [6.07, 6.45) is 11.6. The van der Waals surface area contributed by atoms with Crippen molar-refractivity contribution < 1.29 is 4.79 Å². The van der Waals surface area contributed by atoms with Crippen LogP contribution in [0.2, 0.25) is 0 Å². The van der Waals surface area contributed by atoms with E-state index in [-0.39, 0.29) is 0 Å². The Labute approximate surface area is 110 Å². The molecule has 0 saturated heterocycles. The molecule has 1 saturated carbocycles. The number of imidazole rings is 1. The second-order valence-corrected chi connectivity index (χ2v) is 6.07. The lowest BCUT2D eigenvalue weighted by Crippen LogP contribution is -2.07. The first-order valence-electron chi connectivity index (χ1n) is 6.65. The lowest BCUT2D eigenvalue weighted by atomic mass is 9.86. The number of carbonyl (C=O) groups is 1. The van der Waals surface area contributed by atoms with E-state index in [0.717, 1.165) is 28.6 Å². The molecule has 1 aliphatic rings. The zero-order valence-electron chi connectivity index (χ0n) is 10.3. The number of nitrogens with zero attached hydrogens (tertiary/aromatic N) is 3. The fourth-order valence-corrected chi connectivity index (χ4v) is 3.62. The summed E-state index contributed by atoms with van der Waals surface area (Å²) >= 11 is 1.60. The van der Waals surface area contributed by atoms with E-state index in [2.05, 4.69) is 10.1 Å². The van der Waals surface area contributed by atoms with Crippen LogP contribution in [0, 0.1) is 5.92 Å². The van der Waals surface area contributed by atoms with Gasteiger partial charge >= 0.3 is 0 Å². The zero-order chi connectivity index (χ0) is 12.4. The number of aryl methyl sites for hydroxylation is 1. The maximum absolute atomic E-state index is 10.8. The van der Waals surface area contributed by atoms with Gasteiger partial charge in [0.15, 0.2) is 6.29 Å². The Balaban J connectivity index is 1.67. The van der Waals surface area contributed by atoms with Gasteiger partial charge < -0.3 is 0 Å². The summed E-state index contributed by atoms with van der Waals surface area (Å²) < 4.78 is 1.66. The SMILES string of the molecule is O=Cc1cnc2sc(CCC3CCCCC3)nn12. The summed E-state index contributed by atoms with van der Waals surface area (Å²) in [5, 5.41) is 5.57. The molecule has 0 radical (unpaired) electrons. The molecule has 2 heterocycles. The summed E-state index contributed by atoms with van der Waals surface area (Å²) in [4.78, 5) is 15.8. The average molecular weight is 263 g/mol. The molecule has 0 aromatic carbocycles. The van der Waals surface area contributed by atoms with Gasteiger partial charge in [-0.25, -0.2) is 9.50 Å². The summed E-state index contributed by atoms with van der Waals surface area (Å²) in [5.74, 6) is 0.875. The largest absolute Gasteiger partial charge is 0.296 e. The summed E-state index contributed by atoms with van der Waals surface area (Å²) in [7, 11) is 0. The highest BCUT2D eigenvalue weighted by atomic mass is 32.1. The Morgan fingerprint density at radius 2 is 2.22 bits per heavy atom. The van der Waals surface area contributed by atoms with Gasteiger partial charge in [-0.3, -0.25) is 4.79 Å². The third-order valence-electron chi connectivity index (χ3n) is 3.77. The third-order valence-corrected chi connectivity index (χ3v) is 4.75. The van der Waals surface area contributed by atoms with Crippen molar-refractivity contribution in [3.63, 3.8) is 0 Å².